The molecule has 0 aliphatic heterocycles. The molecule has 0 aromatic rings. The maximum atomic E-state index is 8.62. The summed E-state index contributed by atoms with van der Waals surface area (Å²) in [4.78, 5) is 0. The highest BCUT2D eigenvalue weighted by Gasteiger charge is 2.38. The van der Waals surface area contributed by atoms with Gasteiger partial charge in [0.2, 0.25) is 0 Å². The highest BCUT2D eigenvalue weighted by Crippen LogP contribution is 2.37. The molecular weight excluding hydrogens is 204 g/mol. The highest BCUT2D eigenvalue weighted by atomic mass is 28.4. The van der Waals surface area contributed by atoms with Crippen molar-refractivity contribution >= 4 is 8.32 Å². The Kier molecular flexibility index (Phi) is 5.78. The molecule has 2 nitrogen and oxygen atoms in total. The van der Waals surface area contributed by atoms with Gasteiger partial charge in [0, 0.05) is 6.10 Å². The lowest BCUT2D eigenvalue weighted by Gasteiger charge is -2.38. The van der Waals surface area contributed by atoms with E-state index in [2.05, 4.69) is 40.8 Å². The Labute approximate surface area is 95.5 Å². The minimum absolute atomic E-state index is 0.118. The molecule has 0 heterocycles. The van der Waals surface area contributed by atoms with Crippen molar-refractivity contribution < 1.29 is 9.53 Å². The van der Waals surface area contributed by atoms with E-state index < -0.39 is 8.32 Å². The topological polar surface area (TPSA) is 29.5 Å². The first-order valence-corrected chi connectivity index (χ1v) is 8.55. The van der Waals surface area contributed by atoms with Crippen molar-refractivity contribution in [2.24, 2.45) is 0 Å². The molecule has 0 aromatic heterocycles. The van der Waals surface area contributed by atoms with Gasteiger partial charge < -0.3 is 9.53 Å². The van der Waals surface area contributed by atoms with Crippen molar-refractivity contribution in [2.45, 2.75) is 58.4 Å². The molecule has 0 amide bonds. The molecule has 3 heteroatoms. The molecule has 0 saturated heterocycles. The van der Waals surface area contributed by atoms with E-state index in [9.17, 15) is 0 Å². The molecule has 0 fully saturated rings. The van der Waals surface area contributed by atoms with Crippen LogP contribution in [0.3, 0.4) is 0 Å². The summed E-state index contributed by atoms with van der Waals surface area (Å²) in [5.74, 6) is 0. The van der Waals surface area contributed by atoms with Gasteiger partial charge in [0.1, 0.15) is 0 Å². The van der Waals surface area contributed by atoms with Crippen LogP contribution >= 0.6 is 0 Å². The standard InChI is InChI=1S/C12H26O2Si/c1-11(9-7-8-10-13)14-15(5,6)12(2,3)4/h7-8,11,13H,9-10H2,1-6H3/b8-7+/t11-/m0/s1. The predicted octanol–water partition coefficient (Wildman–Crippen LogP) is 3.34. The van der Waals surface area contributed by atoms with E-state index >= 15 is 0 Å². The largest absolute Gasteiger partial charge is 0.414 e. The van der Waals surface area contributed by atoms with Crippen LogP contribution in [0.25, 0.3) is 0 Å². The normalized spacial score (nSPS) is 15.9. The zero-order valence-corrected chi connectivity index (χ0v) is 12.0. The summed E-state index contributed by atoms with van der Waals surface area (Å²) in [6, 6.07) is 0. The van der Waals surface area contributed by atoms with E-state index in [-0.39, 0.29) is 17.7 Å². The molecule has 0 rings (SSSR count). The summed E-state index contributed by atoms with van der Waals surface area (Å²) < 4.78 is 6.15. The number of aliphatic hydroxyl groups excluding tert-OH is 1. The molecule has 0 radical (unpaired) electrons. The average molecular weight is 230 g/mol. The number of hydrogen-bond donors (Lipinski definition) is 1. The summed E-state index contributed by atoms with van der Waals surface area (Å²) in [5.41, 5.74) is 0. The summed E-state index contributed by atoms with van der Waals surface area (Å²) in [7, 11) is -1.62. The predicted molar refractivity (Wildman–Crippen MR) is 68.6 cm³/mol. The van der Waals surface area contributed by atoms with E-state index in [1.807, 2.05) is 6.08 Å². The third-order valence-corrected chi connectivity index (χ3v) is 7.65. The Morgan fingerprint density at radius 1 is 1.27 bits per heavy atom. The van der Waals surface area contributed by atoms with Crippen LogP contribution in [0.15, 0.2) is 12.2 Å². The maximum Gasteiger partial charge on any atom is 0.192 e. The lowest BCUT2D eigenvalue weighted by atomic mass is 10.2. The second-order valence-corrected chi connectivity index (χ2v) is 10.3. The maximum absolute atomic E-state index is 8.62. The summed E-state index contributed by atoms with van der Waals surface area (Å²) in [6.45, 7) is 13.5. The molecule has 1 atom stereocenters. The van der Waals surface area contributed by atoms with E-state index in [1.54, 1.807) is 6.08 Å². The van der Waals surface area contributed by atoms with Gasteiger partial charge in [-0.25, -0.2) is 0 Å². The van der Waals surface area contributed by atoms with Gasteiger partial charge in [-0.3, -0.25) is 0 Å². The molecule has 1 N–H and O–H groups in total. The van der Waals surface area contributed by atoms with E-state index in [4.69, 9.17) is 9.53 Å². The Morgan fingerprint density at radius 3 is 2.20 bits per heavy atom. The van der Waals surface area contributed by atoms with Crippen LogP contribution in [0.1, 0.15) is 34.1 Å². The Balaban J connectivity index is 4.16. The molecular formula is C12H26O2Si. The van der Waals surface area contributed by atoms with Gasteiger partial charge in [-0.05, 0) is 31.5 Å². The van der Waals surface area contributed by atoms with Crippen LogP contribution in [0.4, 0.5) is 0 Å². The second-order valence-electron chi connectivity index (χ2n) is 5.58. The van der Waals surface area contributed by atoms with Crippen LogP contribution in [-0.4, -0.2) is 26.1 Å². The van der Waals surface area contributed by atoms with E-state index in [1.165, 1.54) is 0 Å². The first-order chi connectivity index (χ1) is 6.70. The molecule has 0 spiro atoms. The second kappa shape index (κ2) is 5.82. The van der Waals surface area contributed by atoms with Crippen molar-refractivity contribution in [3.05, 3.63) is 12.2 Å². The number of rotatable bonds is 5. The molecule has 0 aliphatic rings. The SMILES string of the molecule is C[C@@H](C/C=C/CO)O[Si](C)(C)C(C)(C)C. The van der Waals surface area contributed by atoms with Crippen LogP contribution in [0.5, 0.6) is 0 Å². The molecule has 0 aliphatic carbocycles. The zero-order chi connectivity index (χ0) is 12.1. The molecule has 0 saturated carbocycles. The van der Waals surface area contributed by atoms with Gasteiger partial charge in [0.05, 0.1) is 6.61 Å². The lowest BCUT2D eigenvalue weighted by molar-refractivity contribution is 0.202. The highest BCUT2D eigenvalue weighted by molar-refractivity contribution is 6.74. The lowest BCUT2D eigenvalue weighted by Crippen LogP contribution is -2.43. The first kappa shape index (κ1) is 14.9. The minimum Gasteiger partial charge on any atom is -0.414 e. The van der Waals surface area contributed by atoms with Gasteiger partial charge in [0.15, 0.2) is 8.32 Å². The van der Waals surface area contributed by atoms with Gasteiger partial charge >= 0.3 is 0 Å². The zero-order valence-electron chi connectivity index (χ0n) is 11.0. The Hall–Kier alpha value is -0.123. The van der Waals surface area contributed by atoms with Crippen LogP contribution in [0.2, 0.25) is 18.1 Å². The Morgan fingerprint density at radius 2 is 1.80 bits per heavy atom. The summed E-state index contributed by atoms with van der Waals surface area (Å²) in [6.07, 6.45) is 4.88. The van der Waals surface area contributed by atoms with Crippen molar-refractivity contribution in [3.63, 3.8) is 0 Å². The van der Waals surface area contributed by atoms with Crippen LogP contribution in [-0.2, 0) is 4.43 Å². The number of hydrogen-bond acceptors (Lipinski definition) is 2. The van der Waals surface area contributed by atoms with Crippen LogP contribution < -0.4 is 0 Å². The minimum atomic E-state index is -1.62. The molecule has 0 bridgehead atoms. The van der Waals surface area contributed by atoms with Gasteiger partial charge in [-0.15, -0.1) is 0 Å². The summed E-state index contributed by atoms with van der Waals surface area (Å²) in [5, 5.41) is 8.89. The van der Waals surface area contributed by atoms with Crippen LogP contribution in [0, 0.1) is 0 Å². The molecule has 15 heavy (non-hydrogen) atoms. The fourth-order valence-electron chi connectivity index (χ4n) is 1.09. The smallest absolute Gasteiger partial charge is 0.192 e. The van der Waals surface area contributed by atoms with Crippen molar-refractivity contribution in [2.75, 3.05) is 6.61 Å². The Bertz CT molecular complexity index is 204. The third kappa shape index (κ3) is 5.49. The fourth-order valence-corrected chi connectivity index (χ4v) is 2.55. The number of aliphatic hydroxyl groups is 1. The van der Waals surface area contributed by atoms with E-state index in [0.717, 1.165) is 6.42 Å². The van der Waals surface area contributed by atoms with E-state index in [0.29, 0.717) is 0 Å². The molecule has 0 unspecified atom stereocenters. The van der Waals surface area contributed by atoms with Gasteiger partial charge in [-0.1, -0.05) is 32.9 Å². The van der Waals surface area contributed by atoms with Crippen molar-refractivity contribution in [1.29, 1.82) is 0 Å². The average Bonchev–Trinajstić information content (AvgIpc) is 2.01. The summed E-state index contributed by atoms with van der Waals surface area (Å²) >= 11 is 0. The molecule has 90 valence electrons. The van der Waals surface area contributed by atoms with Crippen molar-refractivity contribution in [1.82, 2.24) is 0 Å². The third-order valence-electron chi connectivity index (χ3n) is 3.04. The molecule has 0 aromatic carbocycles. The first-order valence-electron chi connectivity index (χ1n) is 5.64. The van der Waals surface area contributed by atoms with Gasteiger partial charge in [0.25, 0.3) is 0 Å². The quantitative estimate of drug-likeness (QED) is 0.580. The monoisotopic (exact) mass is 230 g/mol. The van der Waals surface area contributed by atoms with Crippen molar-refractivity contribution in [3.8, 4) is 0 Å². The van der Waals surface area contributed by atoms with Gasteiger partial charge in [-0.2, -0.15) is 0 Å². The fraction of sp³-hybridized carbons (Fsp3) is 0.833.